The molecule has 0 spiro atoms. The van der Waals surface area contributed by atoms with E-state index in [0.29, 0.717) is 0 Å². The highest BCUT2D eigenvalue weighted by Crippen LogP contribution is 2.41. The van der Waals surface area contributed by atoms with Crippen LogP contribution < -0.4 is 10.4 Å². The zero-order valence-corrected chi connectivity index (χ0v) is 37.6. The van der Waals surface area contributed by atoms with Gasteiger partial charge in [0.1, 0.15) is 17.3 Å². The van der Waals surface area contributed by atoms with Gasteiger partial charge in [-0.15, -0.1) is 0 Å². The standard InChI is InChI=1S/C50H54O9SSi/c1-33-18-25-37(26-19-33)47(53)58-45-44(57-43(52)31-24-36(4)51)42(32-55-61(50(5,6)7,40-14-10-8-11-15-40)41-16-12-9-13-17-41)56-49(60-39-29-22-35(3)23-30-39)46(45)59-48(54)38-27-20-34(2)21-28-38/h8-23,25-30,42,44-46,49H,24,31-32H2,1-7H3/t42-,44-,45+,46-,49+/m1/s1. The summed E-state index contributed by atoms with van der Waals surface area (Å²) in [5, 5.41) is 1.63. The van der Waals surface area contributed by atoms with Gasteiger partial charge in [-0.05, 0) is 79.5 Å². The predicted molar refractivity (Wildman–Crippen MR) is 240 cm³/mol. The number of carbonyl (C=O) groups is 4. The predicted octanol–water partition coefficient (Wildman–Crippen LogP) is 8.74. The van der Waals surface area contributed by atoms with Crippen LogP contribution in [0.25, 0.3) is 0 Å². The van der Waals surface area contributed by atoms with E-state index >= 15 is 0 Å². The molecule has 1 saturated heterocycles. The van der Waals surface area contributed by atoms with Crippen molar-refractivity contribution in [1.29, 1.82) is 0 Å². The second-order valence-electron chi connectivity index (χ2n) is 16.6. The molecule has 11 heteroatoms. The normalized spacial score (nSPS) is 19.1. The van der Waals surface area contributed by atoms with Gasteiger partial charge in [0, 0.05) is 11.3 Å². The molecule has 0 radical (unpaired) electrons. The van der Waals surface area contributed by atoms with E-state index in [0.717, 1.165) is 32.0 Å². The van der Waals surface area contributed by atoms with Crippen molar-refractivity contribution in [3.8, 4) is 0 Å². The van der Waals surface area contributed by atoms with Gasteiger partial charge in [-0.1, -0.05) is 146 Å². The van der Waals surface area contributed by atoms with Crippen LogP contribution >= 0.6 is 11.8 Å². The highest BCUT2D eigenvalue weighted by molar-refractivity contribution is 7.99. The summed E-state index contributed by atoms with van der Waals surface area (Å²) >= 11 is 1.30. The lowest BCUT2D eigenvalue weighted by Crippen LogP contribution is -2.68. The quantitative estimate of drug-likeness (QED) is 0.0576. The minimum Gasteiger partial charge on any atom is -0.455 e. The maximum absolute atomic E-state index is 14.2. The van der Waals surface area contributed by atoms with Crippen molar-refractivity contribution in [1.82, 2.24) is 0 Å². The van der Waals surface area contributed by atoms with Crippen LogP contribution in [0.4, 0.5) is 0 Å². The summed E-state index contributed by atoms with van der Waals surface area (Å²) in [4.78, 5) is 54.9. The number of rotatable bonds is 15. The van der Waals surface area contributed by atoms with Crippen LogP contribution in [0.1, 0.15) is 77.9 Å². The smallest absolute Gasteiger partial charge is 0.338 e. The Balaban J connectivity index is 1.50. The molecule has 0 bridgehead atoms. The lowest BCUT2D eigenvalue weighted by molar-refractivity contribution is -0.220. The molecule has 5 aromatic carbocycles. The Morgan fingerprint density at radius 1 is 0.590 bits per heavy atom. The second-order valence-corrected chi connectivity index (χ2v) is 22.1. The number of Topliss-reactive ketones (excluding diaryl/α,β-unsaturated/α-hetero) is 1. The minimum atomic E-state index is -3.20. The van der Waals surface area contributed by atoms with Crippen LogP contribution in [0.15, 0.2) is 138 Å². The fourth-order valence-electron chi connectivity index (χ4n) is 7.48. The molecule has 0 aliphatic carbocycles. The van der Waals surface area contributed by atoms with E-state index in [-0.39, 0.29) is 36.4 Å². The van der Waals surface area contributed by atoms with Gasteiger partial charge in [0.25, 0.3) is 8.32 Å². The first kappa shape index (κ1) is 45.2. The van der Waals surface area contributed by atoms with Crippen LogP contribution in [0.2, 0.25) is 5.04 Å². The Hall–Kier alpha value is -5.33. The molecule has 1 fully saturated rings. The Morgan fingerprint density at radius 3 is 1.51 bits per heavy atom. The fourth-order valence-corrected chi connectivity index (χ4v) is 13.2. The summed E-state index contributed by atoms with van der Waals surface area (Å²) in [5.41, 5.74) is 2.50. The van der Waals surface area contributed by atoms with Gasteiger partial charge in [0.05, 0.1) is 24.2 Å². The molecule has 5 aromatic rings. The molecule has 1 aliphatic heterocycles. The van der Waals surface area contributed by atoms with E-state index in [1.54, 1.807) is 48.5 Å². The van der Waals surface area contributed by atoms with E-state index < -0.39 is 61.1 Å². The number of aryl methyl sites for hydroxylation is 3. The molecule has 0 saturated carbocycles. The Kier molecular flexibility index (Phi) is 14.8. The maximum atomic E-state index is 14.2. The molecule has 318 valence electrons. The van der Waals surface area contributed by atoms with Gasteiger partial charge in [0.2, 0.25) is 0 Å². The first-order valence-corrected chi connectivity index (χ1v) is 23.3. The van der Waals surface area contributed by atoms with Crippen molar-refractivity contribution < 1.29 is 42.6 Å². The number of thioether (sulfide) groups is 1. The number of hydrogen-bond acceptors (Lipinski definition) is 10. The van der Waals surface area contributed by atoms with Crippen molar-refractivity contribution >= 4 is 54.1 Å². The number of esters is 3. The van der Waals surface area contributed by atoms with E-state index in [2.05, 4.69) is 45.0 Å². The first-order valence-electron chi connectivity index (χ1n) is 20.5. The van der Waals surface area contributed by atoms with Crippen LogP contribution in [0, 0.1) is 20.8 Å². The average Bonchev–Trinajstić information content (AvgIpc) is 3.24. The van der Waals surface area contributed by atoms with Crippen LogP contribution in [0.3, 0.4) is 0 Å². The Bertz CT molecular complexity index is 2220. The molecule has 0 amide bonds. The summed E-state index contributed by atoms with van der Waals surface area (Å²) < 4.78 is 33.4. The Labute approximate surface area is 364 Å². The topological polar surface area (TPSA) is 114 Å². The number of benzene rings is 5. The van der Waals surface area contributed by atoms with Gasteiger partial charge in [-0.3, -0.25) is 4.79 Å². The summed E-state index contributed by atoms with van der Waals surface area (Å²) in [6.07, 6.45) is -5.32. The second kappa shape index (κ2) is 20.0. The zero-order valence-electron chi connectivity index (χ0n) is 35.8. The highest BCUT2D eigenvalue weighted by atomic mass is 32.2. The monoisotopic (exact) mass is 858 g/mol. The van der Waals surface area contributed by atoms with Gasteiger partial charge >= 0.3 is 17.9 Å². The molecular formula is C50H54O9SSi. The fraction of sp³-hybridized carbons (Fsp3) is 0.320. The molecule has 9 nitrogen and oxygen atoms in total. The average molecular weight is 859 g/mol. The highest BCUT2D eigenvalue weighted by Gasteiger charge is 2.55. The zero-order chi connectivity index (χ0) is 43.7. The number of hydrogen-bond donors (Lipinski definition) is 0. The molecule has 6 rings (SSSR count). The van der Waals surface area contributed by atoms with Crippen molar-refractivity contribution in [3.05, 3.63) is 161 Å². The van der Waals surface area contributed by atoms with Gasteiger partial charge < -0.3 is 28.2 Å². The molecule has 0 aromatic heterocycles. The maximum Gasteiger partial charge on any atom is 0.338 e. The number of ketones is 1. The Morgan fingerprint density at radius 2 is 1.05 bits per heavy atom. The third-order valence-corrected chi connectivity index (χ3v) is 16.9. The van der Waals surface area contributed by atoms with Crippen molar-refractivity contribution in [2.24, 2.45) is 0 Å². The summed E-state index contributed by atoms with van der Waals surface area (Å²) in [5.74, 6) is -2.28. The molecule has 0 N–H and O–H groups in total. The van der Waals surface area contributed by atoms with Gasteiger partial charge in [0.15, 0.2) is 18.3 Å². The molecule has 1 heterocycles. The first-order chi connectivity index (χ1) is 29.1. The SMILES string of the molecule is CC(=O)CCC(=O)O[C@H]1[C@H](OC(=O)c2ccc(C)cc2)[C@@H](OC(=O)c2ccc(C)cc2)[C@H](Sc2ccc(C)cc2)O[C@@H]1CO[Si](c1ccccc1)(c1ccccc1)C(C)(C)C. The van der Waals surface area contributed by atoms with Crippen molar-refractivity contribution in [3.63, 3.8) is 0 Å². The number of carbonyl (C=O) groups excluding carboxylic acids is 4. The minimum absolute atomic E-state index is 0.0544. The molecular weight excluding hydrogens is 805 g/mol. The van der Waals surface area contributed by atoms with E-state index in [9.17, 15) is 19.2 Å². The van der Waals surface area contributed by atoms with E-state index in [4.69, 9.17) is 23.4 Å². The lowest BCUT2D eigenvalue weighted by Gasteiger charge is -2.47. The van der Waals surface area contributed by atoms with Gasteiger partial charge in [-0.25, -0.2) is 9.59 Å². The van der Waals surface area contributed by atoms with Crippen LogP contribution in [-0.4, -0.2) is 68.5 Å². The lowest BCUT2D eigenvalue weighted by atomic mass is 9.98. The third kappa shape index (κ3) is 11.1. The van der Waals surface area contributed by atoms with Crippen LogP contribution in [-0.2, 0) is 33.0 Å². The van der Waals surface area contributed by atoms with E-state index in [1.807, 2.05) is 81.4 Å². The van der Waals surface area contributed by atoms with Crippen molar-refractivity contribution in [2.75, 3.05) is 6.61 Å². The van der Waals surface area contributed by atoms with Crippen LogP contribution in [0.5, 0.6) is 0 Å². The molecule has 0 unspecified atom stereocenters. The molecule has 61 heavy (non-hydrogen) atoms. The summed E-state index contributed by atoms with van der Waals surface area (Å²) in [6.45, 7) is 13.6. The molecule has 5 atom stereocenters. The largest absolute Gasteiger partial charge is 0.455 e. The van der Waals surface area contributed by atoms with E-state index in [1.165, 1.54) is 18.7 Å². The van der Waals surface area contributed by atoms with Gasteiger partial charge in [-0.2, -0.15) is 0 Å². The van der Waals surface area contributed by atoms with Crippen molar-refractivity contribution in [2.45, 2.75) is 101 Å². The number of ether oxygens (including phenoxy) is 4. The summed E-state index contributed by atoms with van der Waals surface area (Å²) in [7, 11) is -3.20. The molecule has 1 aliphatic rings. The summed E-state index contributed by atoms with van der Waals surface area (Å²) in [6, 6.07) is 41.9. The third-order valence-electron chi connectivity index (χ3n) is 10.8.